The van der Waals surface area contributed by atoms with Crippen LogP contribution in [0, 0.1) is 6.92 Å². The van der Waals surface area contributed by atoms with Crippen molar-refractivity contribution in [3.05, 3.63) is 83.6 Å². The Morgan fingerprint density at radius 1 is 1.10 bits per heavy atom. The molecule has 8 heteroatoms. The molecule has 0 radical (unpaired) electrons. The fourth-order valence-corrected chi connectivity index (χ4v) is 4.20. The highest BCUT2D eigenvalue weighted by molar-refractivity contribution is 7.92. The average molecular weight is 426 g/mol. The Morgan fingerprint density at radius 3 is 2.47 bits per heavy atom. The number of rotatable bonds is 8. The monoisotopic (exact) mass is 425 g/mol. The van der Waals surface area contributed by atoms with Crippen LogP contribution in [0.25, 0.3) is 0 Å². The predicted molar refractivity (Wildman–Crippen MR) is 116 cm³/mol. The van der Waals surface area contributed by atoms with Gasteiger partial charge in [0.1, 0.15) is 11.4 Å². The van der Waals surface area contributed by atoms with E-state index in [2.05, 4.69) is 9.71 Å². The molecule has 0 aliphatic heterocycles. The second kappa shape index (κ2) is 8.96. The SMILES string of the molecule is CCN(Cc1ccccc1)c1ncc(NS(=O)(=O)c2cccc(C)c2)cc1C(=O)O. The Morgan fingerprint density at radius 2 is 1.83 bits per heavy atom. The molecule has 0 spiro atoms. The smallest absolute Gasteiger partial charge is 0.339 e. The maximum absolute atomic E-state index is 12.7. The second-order valence-corrected chi connectivity index (χ2v) is 8.50. The molecule has 7 nitrogen and oxygen atoms in total. The number of pyridine rings is 1. The molecule has 0 bridgehead atoms. The average Bonchev–Trinajstić information content (AvgIpc) is 2.72. The summed E-state index contributed by atoms with van der Waals surface area (Å²) in [5, 5.41) is 9.71. The highest BCUT2D eigenvalue weighted by Crippen LogP contribution is 2.25. The van der Waals surface area contributed by atoms with Gasteiger partial charge in [0, 0.05) is 13.1 Å². The van der Waals surface area contributed by atoms with E-state index >= 15 is 0 Å². The summed E-state index contributed by atoms with van der Waals surface area (Å²) in [7, 11) is -3.86. The van der Waals surface area contributed by atoms with E-state index in [1.165, 1.54) is 18.3 Å². The zero-order valence-corrected chi connectivity index (χ0v) is 17.6. The lowest BCUT2D eigenvalue weighted by atomic mass is 10.2. The summed E-state index contributed by atoms with van der Waals surface area (Å²) >= 11 is 0. The molecule has 30 heavy (non-hydrogen) atoms. The van der Waals surface area contributed by atoms with Crippen LogP contribution in [-0.2, 0) is 16.6 Å². The summed E-state index contributed by atoms with van der Waals surface area (Å²) in [6, 6.07) is 17.4. The van der Waals surface area contributed by atoms with Gasteiger partial charge in [0.05, 0.1) is 16.8 Å². The molecular formula is C22H23N3O4S. The van der Waals surface area contributed by atoms with Gasteiger partial charge in [-0.3, -0.25) is 4.72 Å². The lowest BCUT2D eigenvalue weighted by Crippen LogP contribution is -2.25. The van der Waals surface area contributed by atoms with Gasteiger partial charge in [0.25, 0.3) is 10.0 Å². The number of hydrogen-bond acceptors (Lipinski definition) is 5. The van der Waals surface area contributed by atoms with Gasteiger partial charge in [-0.05, 0) is 43.2 Å². The van der Waals surface area contributed by atoms with Crippen LogP contribution in [0.15, 0.2) is 71.8 Å². The van der Waals surface area contributed by atoms with Crippen molar-refractivity contribution in [3.8, 4) is 0 Å². The quantitative estimate of drug-likeness (QED) is 0.568. The van der Waals surface area contributed by atoms with Crippen LogP contribution in [0.5, 0.6) is 0 Å². The summed E-state index contributed by atoms with van der Waals surface area (Å²) in [5.74, 6) is -0.895. The molecule has 0 fully saturated rings. The zero-order chi connectivity index (χ0) is 21.7. The first-order valence-corrected chi connectivity index (χ1v) is 10.9. The summed E-state index contributed by atoms with van der Waals surface area (Å²) < 4.78 is 27.7. The number of carboxylic acid groups (broad SMARTS) is 1. The molecule has 0 atom stereocenters. The summed E-state index contributed by atoms with van der Waals surface area (Å²) in [6.07, 6.45) is 1.34. The van der Waals surface area contributed by atoms with Crippen molar-refractivity contribution in [2.24, 2.45) is 0 Å². The van der Waals surface area contributed by atoms with Crippen LogP contribution >= 0.6 is 0 Å². The molecule has 3 aromatic rings. The van der Waals surface area contributed by atoms with Crippen molar-refractivity contribution in [3.63, 3.8) is 0 Å². The normalized spacial score (nSPS) is 11.1. The topological polar surface area (TPSA) is 99.6 Å². The van der Waals surface area contributed by atoms with Gasteiger partial charge < -0.3 is 10.0 Å². The first kappa shape index (κ1) is 21.3. The number of aromatic carboxylic acids is 1. The molecule has 0 aliphatic carbocycles. The van der Waals surface area contributed by atoms with Gasteiger partial charge in [-0.2, -0.15) is 0 Å². The van der Waals surface area contributed by atoms with Crippen molar-refractivity contribution in [2.75, 3.05) is 16.2 Å². The van der Waals surface area contributed by atoms with Crippen LogP contribution < -0.4 is 9.62 Å². The number of anilines is 2. The number of aromatic nitrogens is 1. The number of aryl methyl sites for hydroxylation is 1. The first-order valence-electron chi connectivity index (χ1n) is 9.42. The minimum atomic E-state index is -3.86. The first-order chi connectivity index (χ1) is 14.3. The molecular weight excluding hydrogens is 402 g/mol. The van der Waals surface area contributed by atoms with Gasteiger partial charge >= 0.3 is 5.97 Å². The molecule has 2 aromatic carbocycles. The Balaban J connectivity index is 1.92. The van der Waals surface area contributed by atoms with Crippen molar-refractivity contribution in [1.82, 2.24) is 4.98 Å². The summed E-state index contributed by atoms with van der Waals surface area (Å²) in [5.41, 5.74) is 1.84. The standard InChI is InChI=1S/C22H23N3O4S/c1-3-25(15-17-9-5-4-6-10-17)21-20(22(26)27)13-18(14-23-21)24-30(28,29)19-11-7-8-16(2)12-19/h4-14,24H,3,15H2,1-2H3,(H,26,27). The van der Waals surface area contributed by atoms with Crippen molar-refractivity contribution in [2.45, 2.75) is 25.3 Å². The number of sulfonamides is 1. The number of carbonyl (C=O) groups is 1. The van der Waals surface area contributed by atoms with E-state index in [-0.39, 0.29) is 22.0 Å². The minimum Gasteiger partial charge on any atom is -0.478 e. The van der Waals surface area contributed by atoms with E-state index in [0.717, 1.165) is 11.1 Å². The third-order valence-electron chi connectivity index (χ3n) is 4.55. The van der Waals surface area contributed by atoms with Gasteiger partial charge in [0.2, 0.25) is 0 Å². The predicted octanol–water partition coefficient (Wildman–Crippen LogP) is 3.92. The maximum atomic E-state index is 12.7. The minimum absolute atomic E-state index is 0.0720. The van der Waals surface area contributed by atoms with E-state index in [0.29, 0.717) is 13.1 Å². The third-order valence-corrected chi connectivity index (χ3v) is 5.93. The lowest BCUT2D eigenvalue weighted by molar-refractivity contribution is 0.0697. The van der Waals surface area contributed by atoms with E-state index < -0.39 is 16.0 Å². The highest BCUT2D eigenvalue weighted by atomic mass is 32.2. The molecule has 0 unspecified atom stereocenters. The Hall–Kier alpha value is -3.39. The summed E-state index contributed by atoms with van der Waals surface area (Å²) in [4.78, 5) is 18.1. The lowest BCUT2D eigenvalue weighted by Gasteiger charge is -2.24. The van der Waals surface area contributed by atoms with Crippen LogP contribution in [0.1, 0.15) is 28.4 Å². The molecule has 0 saturated heterocycles. The van der Waals surface area contributed by atoms with Crippen molar-refractivity contribution >= 4 is 27.5 Å². The largest absolute Gasteiger partial charge is 0.478 e. The fourth-order valence-electron chi connectivity index (χ4n) is 3.06. The molecule has 1 heterocycles. The van der Waals surface area contributed by atoms with Gasteiger partial charge in [-0.25, -0.2) is 18.2 Å². The van der Waals surface area contributed by atoms with E-state index in [9.17, 15) is 18.3 Å². The van der Waals surface area contributed by atoms with Gasteiger partial charge in [-0.15, -0.1) is 0 Å². The molecule has 0 saturated carbocycles. The number of carboxylic acids is 1. The molecule has 156 valence electrons. The number of hydrogen-bond donors (Lipinski definition) is 2. The van der Waals surface area contributed by atoms with Gasteiger partial charge in [0.15, 0.2) is 0 Å². The fraction of sp³-hybridized carbons (Fsp3) is 0.182. The van der Waals surface area contributed by atoms with Crippen molar-refractivity contribution in [1.29, 1.82) is 0 Å². The van der Waals surface area contributed by atoms with E-state index in [1.807, 2.05) is 42.2 Å². The van der Waals surface area contributed by atoms with Crippen LogP contribution in [0.2, 0.25) is 0 Å². The number of nitrogens with zero attached hydrogens (tertiary/aromatic N) is 2. The van der Waals surface area contributed by atoms with E-state index in [4.69, 9.17) is 0 Å². The molecule has 0 amide bonds. The van der Waals surface area contributed by atoms with Crippen LogP contribution in [-0.4, -0.2) is 31.0 Å². The Kier molecular flexibility index (Phi) is 6.37. The highest BCUT2D eigenvalue weighted by Gasteiger charge is 2.20. The Labute approximate surface area is 176 Å². The van der Waals surface area contributed by atoms with Crippen molar-refractivity contribution < 1.29 is 18.3 Å². The van der Waals surface area contributed by atoms with Gasteiger partial charge in [-0.1, -0.05) is 42.5 Å². The Bertz CT molecular complexity index is 1150. The molecule has 0 aliphatic rings. The zero-order valence-electron chi connectivity index (χ0n) is 16.7. The van der Waals surface area contributed by atoms with Crippen LogP contribution in [0.4, 0.5) is 11.5 Å². The molecule has 3 rings (SSSR count). The third kappa shape index (κ3) is 4.96. The van der Waals surface area contributed by atoms with E-state index in [1.54, 1.807) is 25.1 Å². The number of benzene rings is 2. The summed E-state index contributed by atoms with van der Waals surface area (Å²) in [6.45, 7) is 4.73. The second-order valence-electron chi connectivity index (χ2n) is 6.82. The van der Waals surface area contributed by atoms with Crippen LogP contribution in [0.3, 0.4) is 0 Å². The molecule has 1 aromatic heterocycles. The maximum Gasteiger partial charge on any atom is 0.339 e. The number of nitrogens with one attached hydrogen (secondary N) is 1. The molecule has 2 N–H and O–H groups in total.